The summed E-state index contributed by atoms with van der Waals surface area (Å²) in [7, 11) is 0. The third-order valence-electron chi connectivity index (χ3n) is 6.03. The smallest absolute Gasteiger partial charge is 0.244 e. The first-order chi connectivity index (χ1) is 13.2. The molecule has 2 aromatic carbocycles. The van der Waals surface area contributed by atoms with E-state index in [0.29, 0.717) is 11.7 Å². The maximum atomic E-state index is 13.3. The molecule has 2 aliphatic heterocycles. The van der Waals surface area contributed by atoms with Crippen molar-refractivity contribution < 1.29 is 9.90 Å². The molecule has 142 valence electrons. The molecule has 2 heterocycles. The van der Waals surface area contributed by atoms with Crippen molar-refractivity contribution in [2.75, 3.05) is 26.2 Å². The second-order valence-corrected chi connectivity index (χ2v) is 7.75. The zero-order valence-electron chi connectivity index (χ0n) is 15.8. The van der Waals surface area contributed by atoms with Gasteiger partial charge in [-0.1, -0.05) is 42.5 Å². The average molecular weight is 364 g/mol. The van der Waals surface area contributed by atoms with Gasteiger partial charge in [0.1, 0.15) is 11.8 Å². The predicted octanol–water partition coefficient (Wildman–Crippen LogP) is 3.94. The van der Waals surface area contributed by atoms with E-state index in [4.69, 9.17) is 0 Å². The van der Waals surface area contributed by atoms with Crippen molar-refractivity contribution in [3.8, 4) is 5.75 Å². The van der Waals surface area contributed by atoms with E-state index in [1.165, 1.54) is 5.56 Å². The molecule has 0 aromatic heterocycles. The number of rotatable bonds is 4. The lowest BCUT2D eigenvalue weighted by atomic mass is 9.88. The molecule has 2 saturated heterocycles. The topological polar surface area (TPSA) is 43.8 Å². The van der Waals surface area contributed by atoms with Crippen LogP contribution in [0.4, 0.5) is 0 Å². The van der Waals surface area contributed by atoms with E-state index in [2.05, 4.69) is 17.0 Å². The number of hydrogen-bond acceptors (Lipinski definition) is 3. The Balaban J connectivity index is 1.49. The van der Waals surface area contributed by atoms with E-state index in [1.807, 2.05) is 35.2 Å². The Bertz CT molecular complexity index is 746. The van der Waals surface area contributed by atoms with Gasteiger partial charge in [0.15, 0.2) is 0 Å². The van der Waals surface area contributed by atoms with Crippen LogP contribution >= 0.6 is 0 Å². The number of phenolic OH excluding ortho intramolecular Hbond substituents is 1. The van der Waals surface area contributed by atoms with Crippen molar-refractivity contribution in [3.05, 3.63) is 65.7 Å². The minimum Gasteiger partial charge on any atom is -0.508 e. The van der Waals surface area contributed by atoms with Gasteiger partial charge in [-0.25, -0.2) is 0 Å². The van der Waals surface area contributed by atoms with Crippen LogP contribution in [-0.2, 0) is 4.79 Å². The van der Waals surface area contributed by atoms with E-state index in [-0.39, 0.29) is 11.9 Å². The number of amides is 1. The highest BCUT2D eigenvalue weighted by Gasteiger charge is 2.34. The number of piperidine rings is 1. The van der Waals surface area contributed by atoms with E-state index < -0.39 is 0 Å². The zero-order chi connectivity index (χ0) is 18.6. The number of aromatic hydroxyl groups is 1. The molecule has 1 unspecified atom stereocenters. The molecular formula is C23H28N2O2. The van der Waals surface area contributed by atoms with Crippen LogP contribution in [0.3, 0.4) is 0 Å². The Hall–Kier alpha value is -2.33. The summed E-state index contributed by atoms with van der Waals surface area (Å²) >= 11 is 0. The first-order valence-electron chi connectivity index (χ1n) is 10.1. The summed E-state index contributed by atoms with van der Waals surface area (Å²) in [6.07, 6.45) is 4.33. The molecule has 1 amide bonds. The van der Waals surface area contributed by atoms with Crippen LogP contribution in [0.1, 0.15) is 48.8 Å². The van der Waals surface area contributed by atoms with Crippen molar-refractivity contribution in [3.63, 3.8) is 0 Å². The summed E-state index contributed by atoms with van der Waals surface area (Å²) in [6.45, 7) is 3.63. The Morgan fingerprint density at radius 1 is 0.889 bits per heavy atom. The zero-order valence-corrected chi connectivity index (χ0v) is 15.8. The van der Waals surface area contributed by atoms with Gasteiger partial charge in [-0.15, -0.1) is 0 Å². The third kappa shape index (κ3) is 4.01. The number of phenols is 1. The van der Waals surface area contributed by atoms with Gasteiger partial charge in [-0.2, -0.15) is 0 Å². The van der Waals surface area contributed by atoms with Crippen molar-refractivity contribution in [2.45, 2.75) is 37.6 Å². The van der Waals surface area contributed by atoms with Gasteiger partial charge in [-0.3, -0.25) is 9.69 Å². The van der Waals surface area contributed by atoms with Crippen molar-refractivity contribution in [1.82, 2.24) is 9.80 Å². The molecule has 2 fully saturated rings. The van der Waals surface area contributed by atoms with Gasteiger partial charge in [-0.05, 0) is 68.0 Å². The molecule has 0 spiro atoms. The molecule has 0 aliphatic carbocycles. The maximum absolute atomic E-state index is 13.3. The lowest BCUT2D eigenvalue weighted by Crippen LogP contribution is -2.45. The van der Waals surface area contributed by atoms with E-state index in [1.54, 1.807) is 12.1 Å². The first kappa shape index (κ1) is 18.1. The van der Waals surface area contributed by atoms with Crippen LogP contribution in [0.15, 0.2) is 54.6 Å². The molecule has 0 bridgehead atoms. The van der Waals surface area contributed by atoms with Crippen molar-refractivity contribution >= 4 is 5.91 Å². The monoisotopic (exact) mass is 364 g/mol. The fourth-order valence-corrected chi connectivity index (χ4v) is 4.49. The summed E-state index contributed by atoms with van der Waals surface area (Å²) in [5, 5.41) is 9.51. The summed E-state index contributed by atoms with van der Waals surface area (Å²) in [5.41, 5.74) is 2.40. The molecule has 1 atom stereocenters. The molecule has 0 saturated carbocycles. The number of carbonyl (C=O) groups excluding carboxylic acids is 1. The average Bonchev–Trinajstić information content (AvgIpc) is 3.25. The highest BCUT2D eigenvalue weighted by molar-refractivity contribution is 5.83. The third-order valence-corrected chi connectivity index (χ3v) is 6.03. The van der Waals surface area contributed by atoms with Crippen LogP contribution in [0.5, 0.6) is 5.75 Å². The molecule has 4 rings (SSSR count). The standard InChI is InChI=1S/C23H28N2O2/c26-21-10-8-18(9-11-21)19-12-16-24(17-13-19)22(20-6-2-1-3-7-20)23(27)25-14-4-5-15-25/h1-3,6-11,19,22,26H,4-5,12-17H2. The Morgan fingerprint density at radius 3 is 2.15 bits per heavy atom. The number of hydrogen-bond donors (Lipinski definition) is 1. The number of likely N-dealkylation sites (tertiary alicyclic amines) is 2. The highest BCUT2D eigenvalue weighted by Crippen LogP contribution is 2.34. The van der Waals surface area contributed by atoms with Gasteiger partial charge >= 0.3 is 0 Å². The summed E-state index contributed by atoms with van der Waals surface area (Å²) < 4.78 is 0. The van der Waals surface area contributed by atoms with Crippen molar-refractivity contribution in [2.24, 2.45) is 0 Å². The summed E-state index contributed by atoms with van der Waals surface area (Å²) in [5.74, 6) is 1.08. The first-order valence-corrected chi connectivity index (χ1v) is 10.1. The number of carbonyl (C=O) groups is 1. The van der Waals surface area contributed by atoms with Gasteiger partial charge in [0.25, 0.3) is 0 Å². The van der Waals surface area contributed by atoms with Gasteiger partial charge in [0, 0.05) is 13.1 Å². The second-order valence-electron chi connectivity index (χ2n) is 7.75. The predicted molar refractivity (Wildman–Crippen MR) is 107 cm³/mol. The van der Waals surface area contributed by atoms with Crippen molar-refractivity contribution in [1.29, 1.82) is 0 Å². The number of nitrogens with zero attached hydrogens (tertiary/aromatic N) is 2. The second kappa shape index (κ2) is 8.13. The lowest BCUT2D eigenvalue weighted by molar-refractivity contribution is -0.136. The molecule has 4 nitrogen and oxygen atoms in total. The molecule has 2 aromatic rings. The molecule has 1 N–H and O–H groups in total. The molecule has 2 aliphatic rings. The maximum Gasteiger partial charge on any atom is 0.244 e. The lowest BCUT2D eigenvalue weighted by Gasteiger charge is -2.38. The normalized spacial score (nSPS) is 19.9. The van der Waals surface area contributed by atoms with Crippen LogP contribution in [0, 0.1) is 0 Å². The molecular weight excluding hydrogens is 336 g/mol. The van der Waals surface area contributed by atoms with Crippen LogP contribution in [-0.4, -0.2) is 47.0 Å². The summed E-state index contributed by atoms with van der Waals surface area (Å²) in [4.78, 5) is 17.7. The molecule has 27 heavy (non-hydrogen) atoms. The van der Waals surface area contributed by atoms with Gasteiger partial charge in [0.2, 0.25) is 5.91 Å². The van der Waals surface area contributed by atoms with Crippen LogP contribution < -0.4 is 0 Å². The largest absolute Gasteiger partial charge is 0.508 e. The SMILES string of the molecule is O=C(C(c1ccccc1)N1CCC(c2ccc(O)cc2)CC1)N1CCCC1. The number of benzene rings is 2. The fourth-order valence-electron chi connectivity index (χ4n) is 4.49. The fraction of sp³-hybridized carbons (Fsp3) is 0.435. The minimum atomic E-state index is -0.162. The quantitative estimate of drug-likeness (QED) is 0.894. The molecule has 0 radical (unpaired) electrons. The Labute approximate surface area is 161 Å². The van der Waals surface area contributed by atoms with E-state index in [0.717, 1.165) is 57.4 Å². The Morgan fingerprint density at radius 2 is 1.52 bits per heavy atom. The Kier molecular flexibility index (Phi) is 5.44. The van der Waals surface area contributed by atoms with Gasteiger partial charge < -0.3 is 10.0 Å². The summed E-state index contributed by atoms with van der Waals surface area (Å²) in [6, 6.07) is 17.7. The van der Waals surface area contributed by atoms with Gasteiger partial charge in [0.05, 0.1) is 0 Å². The minimum absolute atomic E-state index is 0.162. The highest BCUT2D eigenvalue weighted by atomic mass is 16.3. The van der Waals surface area contributed by atoms with Crippen LogP contribution in [0.25, 0.3) is 0 Å². The van der Waals surface area contributed by atoms with E-state index in [9.17, 15) is 9.90 Å². The molecule has 4 heteroatoms. The van der Waals surface area contributed by atoms with Crippen LogP contribution in [0.2, 0.25) is 0 Å². The van der Waals surface area contributed by atoms with E-state index >= 15 is 0 Å².